The first-order valence-corrected chi connectivity index (χ1v) is 6.20. The maximum Gasteiger partial charge on any atom is 0.243 e. The molecular formula is C12H23N3O2. The van der Waals surface area contributed by atoms with Crippen LogP contribution < -0.4 is 16.4 Å². The highest BCUT2D eigenvalue weighted by atomic mass is 16.2. The number of carbonyl (C=O) groups excluding carboxylic acids is 2. The highest BCUT2D eigenvalue weighted by Gasteiger charge is 2.37. The van der Waals surface area contributed by atoms with E-state index in [1.54, 1.807) is 6.92 Å². The summed E-state index contributed by atoms with van der Waals surface area (Å²) in [6, 6.07) is 0. The van der Waals surface area contributed by atoms with Crippen LogP contribution in [0, 0.1) is 11.8 Å². The first kappa shape index (κ1) is 14.0. The van der Waals surface area contributed by atoms with E-state index in [9.17, 15) is 9.59 Å². The third-order valence-electron chi connectivity index (χ3n) is 3.72. The van der Waals surface area contributed by atoms with Gasteiger partial charge in [0.25, 0.3) is 0 Å². The van der Waals surface area contributed by atoms with Gasteiger partial charge in [-0.2, -0.15) is 0 Å². The molecule has 0 radical (unpaired) electrons. The van der Waals surface area contributed by atoms with Crippen molar-refractivity contribution < 1.29 is 9.59 Å². The lowest BCUT2D eigenvalue weighted by molar-refractivity contribution is -0.135. The number of rotatable bonds is 4. The van der Waals surface area contributed by atoms with E-state index in [1.165, 1.54) is 0 Å². The SMILES string of the molecule is CC(C)C(C)(NC(=O)[C@H]1CCCNC1)C(N)=O. The number of hydrogen-bond acceptors (Lipinski definition) is 3. The van der Waals surface area contributed by atoms with Gasteiger partial charge in [0.15, 0.2) is 0 Å². The average molecular weight is 241 g/mol. The third kappa shape index (κ3) is 3.19. The molecule has 1 fully saturated rings. The Labute approximate surface area is 103 Å². The van der Waals surface area contributed by atoms with Gasteiger partial charge in [0.1, 0.15) is 5.54 Å². The molecule has 1 heterocycles. The van der Waals surface area contributed by atoms with E-state index >= 15 is 0 Å². The minimum atomic E-state index is -0.964. The van der Waals surface area contributed by atoms with E-state index in [0.717, 1.165) is 19.4 Å². The van der Waals surface area contributed by atoms with Crippen molar-refractivity contribution in [3.63, 3.8) is 0 Å². The Bertz CT molecular complexity index is 298. The van der Waals surface area contributed by atoms with Crippen LogP contribution in [0.1, 0.15) is 33.6 Å². The maximum absolute atomic E-state index is 12.1. The second kappa shape index (κ2) is 5.49. The minimum absolute atomic E-state index is 0.0273. The van der Waals surface area contributed by atoms with E-state index in [0.29, 0.717) is 6.54 Å². The largest absolute Gasteiger partial charge is 0.368 e. The summed E-state index contributed by atoms with van der Waals surface area (Å²) in [6.45, 7) is 7.09. The van der Waals surface area contributed by atoms with Gasteiger partial charge in [-0.15, -0.1) is 0 Å². The molecule has 17 heavy (non-hydrogen) atoms. The Balaban J connectivity index is 2.67. The Morgan fingerprint density at radius 3 is 2.53 bits per heavy atom. The van der Waals surface area contributed by atoms with E-state index in [-0.39, 0.29) is 17.7 Å². The lowest BCUT2D eigenvalue weighted by Gasteiger charge is -2.33. The molecule has 98 valence electrons. The molecule has 2 atom stereocenters. The number of nitrogens with two attached hydrogens (primary N) is 1. The number of primary amides is 1. The fourth-order valence-electron chi connectivity index (χ4n) is 1.92. The predicted molar refractivity (Wildman–Crippen MR) is 66.2 cm³/mol. The molecule has 5 nitrogen and oxygen atoms in total. The Hall–Kier alpha value is -1.10. The zero-order chi connectivity index (χ0) is 13.1. The van der Waals surface area contributed by atoms with Crippen molar-refractivity contribution in [2.24, 2.45) is 17.6 Å². The van der Waals surface area contributed by atoms with Crippen LogP contribution in [0.5, 0.6) is 0 Å². The van der Waals surface area contributed by atoms with Crippen molar-refractivity contribution in [3.05, 3.63) is 0 Å². The zero-order valence-electron chi connectivity index (χ0n) is 10.9. The van der Waals surface area contributed by atoms with Crippen molar-refractivity contribution in [1.82, 2.24) is 10.6 Å². The lowest BCUT2D eigenvalue weighted by Crippen LogP contribution is -2.60. The zero-order valence-corrected chi connectivity index (χ0v) is 10.9. The molecule has 1 rings (SSSR count). The summed E-state index contributed by atoms with van der Waals surface area (Å²) in [4.78, 5) is 23.5. The molecule has 0 spiro atoms. The van der Waals surface area contributed by atoms with Crippen LogP contribution in [0.4, 0.5) is 0 Å². The smallest absolute Gasteiger partial charge is 0.243 e. The van der Waals surface area contributed by atoms with Crippen LogP contribution in [-0.2, 0) is 9.59 Å². The van der Waals surface area contributed by atoms with Gasteiger partial charge in [0, 0.05) is 6.54 Å². The molecule has 1 aliphatic heterocycles. The molecule has 1 aliphatic rings. The monoisotopic (exact) mass is 241 g/mol. The second-order valence-electron chi connectivity index (χ2n) is 5.25. The van der Waals surface area contributed by atoms with Crippen molar-refractivity contribution in [1.29, 1.82) is 0 Å². The molecule has 1 saturated heterocycles. The summed E-state index contributed by atoms with van der Waals surface area (Å²) >= 11 is 0. The highest BCUT2D eigenvalue weighted by Crippen LogP contribution is 2.18. The Morgan fingerprint density at radius 2 is 2.12 bits per heavy atom. The molecule has 1 unspecified atom stereocenters. The summed E-state index contributed by atoms with van der Waals surface area (Å²) in [6.07, 6.45) is 1.86. The molecule has 0 aliphatic carbocycles. The Kier molecular flexibility index (Phi) is 4.51. The van der Waals surface area contributed by atoms with Gasteiger partial charge in [0.05, 0.1) is 5.92 Å². The van der Waals surface area contributed by atoms with E-state index in [4.69, 9.17) is 5.73 Å². The molecule has 2 amide bonds. The number of amides is 2. The second-order valence-corrected chi connectivity index (χ2v) is 5.25. The van der Waals surface area contributed by atoms with Crippen LogP contribution in [0.3, 0.4) is 0 Å². The van der Waals surface area contributed by atoms with Gasteiger partial charge < -0.3 is 16.4 Å². The normalized spacial score (nSPS) is 24.1. The molecule has 0 aromatic rings. The molecule has 4 N–H and O–H groups in total. The summed E-state index contributed by atoms with van der Waals surface area (Å²) in [5.74, 6) is -0.640. The molecule has 0 aromatic carbocycles. The summed E-state index contributed by atoms with van der Waals surface area (Å²) in [5.41, 5.74) is 4.42. The lowest BCUT2D eigenvalue weighted by atomic mass is 9.86. The topological polar surface area (TPSA) is 84.2 Å². The minimum Gasteiger partial charge on any atom is -0.368 e. The fourth-order valence-corrected chi connectivity index (χ4v) is 1.92. The van der Waals surface area contributed by atoms with Crippen molar-refractivity contribution in [2.45, 2.75) is 39.2 Å². The maximum atomic E-state index is 12.1. The first-order chi connectivity index (χ1) is 7.88. The number of carbonyl (C=O) groups is 2. The van der Waals surface area contributed by atoms with Crippen LogP contribution in [0.25, 0.3) is 0 Å². The van der Waals surface area contributed by atoms with Crippen molar-refractivity contribution in [2.75, 3.05) is 13.1 Å². The highest BCUT2D eigenvalue weighted by molar-refractivity contribution is 5.91. The van der Waals surface area contributed by atoms with E-state index in [1.807, 2.05) is 13.8 Å². The summed E-state index contributed by atoms with van der Waals surface area (Å²) < 4.78 is 0. The van der Waals surface area contributed by atoms with Crippen LogP contribution in [-0.4, -0.2) is 30.4 Å². The molecular weight excluding hydrogens is 218 g/mol. The van der Waals surface area contributed by atoms with E-state index in [2.05, 4.69) is 10.6 Å². The summed E-state index contributed by atoms with van der Waals surface area (Å²) in [7, 11) is 0. The van der Waals surface area contributed by atoms with Gasteiger partial charge in [0.2, 0.25) is 11.8 Å². The average Bonchev–Trinajstić information content (AvgIpc) is 2.29. The molecule has 0 bridgehead atoms. The van der Waals surface area contributed by atoms with E-state index < -0.39 is 11.4 Å². The molecule has 0 aromatic heterocycles. The van der Waals surface area contributed by atoms with Gasteiger partial charge in [-0.25, -0.2) is 0 Å². The summed E-state index contributed by atoms with van der Waals surface area (Å²) in [5, 5.41) is 5.99. The van der Waals surface area contributed by atoms with Crippen LogP contribution >= 0.6 is 0 Å². The fraction of sp³-hybridized carbons (Fsp3) is 0.833. The standard InChI is InChI=1S/C12H23N3O2/c1-8(2)12(3,11(13)17)15-10(16)9-5-4-6-14-7-9/h8-9,14H,4-7H2,1-3H3,(H2,13,17)(H,15,16)/t9-,12?/m0/s1. The van der Waals surface area contributed by atoms with Gasteiger partial charge in [-0.3, -0.25) is 9.59 Å². The quantitative estimate of drug-likeness (QED) is 0.648. The van der Waals surface area contributed by atoms with Crippen molar-refractivity contribution in [3.8, 4) is 0 Å². The number of nitrogens with one attached hydrogen (secondary N) is 2. The first-order valence-electron chi connectivity index (χ1n) is 6.20. The number of hydrogen-bond donors (Lipinski definition) is 3. The van der Waals surface area contributed by atoms with Gasteiger partial charge >= 0.3 is 0 Å². The Morgan fingerprint density at radius 1 is 1.47 bits per heavy atom. The van der Waals surface area contributed by atoms with Crippen LogP contribution in [0.2, 0.25) is 0 Å². The molecule has 0 saturated carbocycles. The molecule has 5 heteroatoms. The predicted octanol–water partition coefficient (Wildman–Crippen LogP) is 0.00220. The van der Waals surface area contributed by atoms with Crippen LogP contribution in [0.15, 0.2) is 0 Å². The van der Waals surface area contributed by atoms with Gasteiger partial charge in [-0.05, 0) is 32.2 Å². The van der Waals surface area contributed by atoms with Crippen molar-refractivity contribution >= 4 is 11.8 Å². The van der Waals surface area contributed by atoms with Gasteiger partial charge in [-0.1, -0.05) is 13.8 Å². The number of piperidine rings is 1. The third-order valence-corrected chi connectivity index (χ3v) is 3.72.